The molecule has 3 aromatic rings. The topological polar surface area (TPSA) is 70.9 Å². The molecule has 1 aliphatic heterocycles. The van der Waals surface area contributed by atoms with E-state index in [1.54, 1.807) is 0 Å². The van der Waals surface area contributed by atoms with Crippen molar-refractivity contribution in [3.8, 4) is 0 Å². The first-order chi connectivity index (χ1) is 12.9. The second-order valence-corrected chi connectivity index (χ2v) is 6.56. The maximum absolute atomic E-state index is 13.4. The average molecular weight is 395 g/mol. The summed E-state index contributed by atoms with van der Waals surface area (Å²) in [7, 11) is 0. The van der Waals surface area contributed by atoms with Crippen LogP contribution in [0.25, 0.3) is 5.65 Å². The Morgan fingerprint density at radius 1 is 1.33 bits per heavy atom. The van der Waals surface area contributed by atoms with Crippen LogP contribution in [0.2, 0.25) is 0 Å². The molecule has 11 heteroatoms. The Bertz CT molecular complexity index is 1010. The molecule has 1 aliphatic rings. The number of hydrogen-bond donors (Lipinski definition) is 2. The van der Waals surface area contributed by atoms with Gasteiger partial charge in [0.15, 0.2) is 17.2 Å². The Balaban J connectivity index is 1.79. The van der Waals surface area contributed by atoms with Gasteiger partial charge in [-0.2, -0.15) is 13.2 Å². The van der Waals surface area contributed by atoms with Gasteiger partial charge in [0.2, 0.25) is 0 Å². The van der Waals surface area contributed by atoms with Crippen molar-refractivity contribution in [2.75, 3.05) is 5.01 Å². The number of rotatable bonds is 4. The van der Waals surface area contributed by atoms with Crippen molar-refractivity contribution in [1.82, 2.24) is 20.3 Å². The zero-order valence-corrected chi connectivity index (χ0v) is 14.3. The van der Waals surface area contributed by atoms with Crippen molar-refractivity contribution in [3.05, 3.63) is 64.4 Å². The fraction of sp³-hybridized carbons (Fsp3) is 0.125. The van der Waals surface area contributed by atoms with E-state index in [0.29, 0.717) is 0 Å². The Hall–Kier alpha value is -3.05. The van der Waals surface area contributed by atoms with E-state index in [2.05, 4.69) is 15.9 Å². The molecule has 0 bridgehead atoms. The predicted octanol–water partition coefficient (Wildman–Crippen LogP) is 3.07. The van der Waals surface area contributed by atoms with Crippen LogP contribution in [0.5, 0.6) is 0 Å². The standard InChI is InChI=1S/C16H12F3N5O2S/c17-16(18,19)11-4-1-5-23-13(11)21-12(15(23)24-6-7-26-22-24)14(25)20-9-10-3-2-8-27-10/h1-8,22H,9H2,(H,20,25). The molecular formula is C16H12F3N5O2S. The summed E-state index contributed by atoms with van der Waals surface area (Å²) < 4.78 is 41.2. The van der Waals surface area contributed by atoms with Crippen LogP contribution in [0.3, 0.4) is 0 Å². The molecule has 3 aromatic heterocycles. The van der Waals surface area contributed by atoms with E-state index in [1.807, 2.05) is 17.5 Å². The van der Waals surface area contributed by atoms with Crippen LogP contribution in [0, 0.1) is 0 Å². The van der Waals surface area contributed by atoms with Gasteiger partial charge in [-0.1, -0.05) is 11.7 Å². The monoisotopic (exact) mass is 395 g/mol. The van der Waals surface area contributed by atoms with Gasteiger partial charge >= 0.3 is 6.18 Å². The Labute approximate surface area is 154 Å². The lowest BCUT2D eigenvalue weighted by atomic mass is 10.2. The number of imidazole rings is 1. The van der Waals surface area contributed by atoms with Crippen LogP contribution in [-0.4, -0.2) is 15.3 Å². The number of carbonyl (C=O) groups excluding carboxylic acids is 1. The lowest BCUT2D eigenvalue weighted by Gasteiger charge is -2.15. The number of alkyl halides is 3. The Morgan fingerprint density at radius 3 is 2.85 bits per heavy atom. The van der Waals surface area contributed by atoms with E-state index in [1.165, 1.54) is 45.5 Å². The third-order valence-electron chi connectivity index (χ3n) is 3.81. The minimum atomic E-state index is -4.61. The quantitative estimate of drug-likeness (QED) is 0.711. The van der Waals surface area contributed by atoms with Crippen LogP contribution in [0.4, 0.5) is 19.0 Å². The second kappa shape index (κ2) is 6.59. The molecule has 0 saturated heterocycles. The van der Waals surface area contributed by atoms with E-state index < -0.39 is 17.6 Å². The number of aromatic nitrogens is 2. The van der Waals surface area contributed by atoms with E-state index in [0.717, 1.165) is 10.9 Å². The third kappa shape index (κ3) is 3.22. The summed E-state index contributed by atoms with van der Waals surface area (Å²) >= 11 is 1.46. The molecule has 0 atom stereocenters. The number of halogens is 3. The zero-order chi connectivity index (χ0) is 19.0. The number of amides is 1. The number of pyridine rings is 1. The molecule has 27 heavy (non-hydrogen) atoms. The maximum atomic E-state index is 13.4. The summed E-state index contributed by atoms with van der Waals surface area (Å²) in [6.45, 7) is 0.246. The van der Waals surface area contributed by atoms with Gasteiger partial charge in [-0.25, -0.2) is 9.99 Å². The highest BCUT2D eigenvalue weighted by molar-refractivity contribution is 7.09. The first-order valence-electron chi connectivity index (χ1n) is 7.71. The fourth-order valence-electron chi connectivity index (χ4n) is 2.65. The Kier molecular flexibility index (Phi) is 4.24. The minimum absolute atomic E-state index is 0.105. The summed E-state index contributed by atoms with van der Waals surface area (Å²) in [6.07, 6.45) is -0.489. The number of nitrogens with one attached hydrogen (secondary N) is 2. The van der Waals surface area contributed by atoms with Gasteiger partial charge in [0.1, 0.15) is 6.26 Å². The molecule has 0 aliphatic carbocycles. The number of carbonyl (C=O) groups is 1. The van der Waals surface area contributed by atoms with Crippen LogP contribution < -0.4 is 15.9 Å². The van der Waals surface area contributed by atoms with Crippen molar-refractivity contribution >= 4 is 28.7 Å². The molecule has 4 rings (SSSR count). The normalized spacial score (nSPS) is 14.0. The van der Waals surface area contributed by atoms with Crippen LogP contribution in [-0.2, 0) is 17.6 Å². The molecule has 0 aromatic carbocycles. The van der Waals surface area contributed by atoms with Gasteiger partial charge in [-0.05, 0) is 23.6 Å². The molecule has 0 spiro atoms. The van der Waals surface area contributed by atoms with E-state index in [-0.39, 0.29) is 23.7 Å². The number of anilines is 1. The Morgan fingerprint density at radius 2 is 2.19 bits per heavy atom. The lowest BCUT2D eigenvalue weighted by molar-refractivity contribution is -0.136. The fourth-order valence-corrected chi connectivity index (χ4v) is 3.29. The van der Waals surface area contributed by atoms with Gasteiger partial charge < -0.3 is 10.2 Å². The second-order valence-electron chi connectivity index (χ2n) is 5.52. The number of nitrogens with zero attached hydrogens (tertiary/aromatic N) is 3. The third-order valence-corrected chi connectivity index (χ3v) is 4.68. The summed E-state index contributed by atoms with van der Waals surface area (Å²) in [5.41, 5.74) is 1.01. The van der Waals surface area contributed by atoms with E-state index in [9.17, 15) is 18.0 Å². The summed E-state index contributed by atoms with van der Waals surface area (Å²) in [5.74, 6) is -0.495. The average Bonchev–Trinajstić information content (AvgIpc) is 3.37. The number of fused-ring (bicyclic) bond motifs is 1. The van der Waals surface area contributed by atoms with Crippen molar-refractivity contribution < 1.29 is 22.8 Å². The molecular weight excluding hydrogens is 383 g/mol. The largest absolute Gasteiger partial charge is 0.419 e. The lowest BCUT2D eigenvalue weighted by Crippen LogP contribution is -2.31. The maximum Gasteiger partial charge on any atom is 0.419 e. The molecule has 0 fully saturated rings. The highest BCUT2D eigenvalue weighted by atomic mass is 32.1. The molecule has 0 radical (unpaired) electrons. The van der Waals surface area contributed by atoms with Crippen molar-refractivity contribution in [2.24, 2.45) is 0 Å². The van der Waals surface area contributed by atoms with Gasteiger partial charge in [0.05, 0.1) is 18.3 Å². The van der Waals surface area contributed by atoms with Gasteiger partial charge in [-0.15, -0.1) is 11.3 Å². The zero-order valence-electron chi connectivity index (χ0n) is 13.5. The molecule has 7 nitrogen and oxygen atoms in total. The van der Waals surface area contributed by atoms with Gasteiger partial charge in [0, 0.05) is 11.1 Å². The first-order valence-corrected chi connectivity index (χ1v) is 8.59. The summed E-state index contributed by atoms with van der Waals surface area (Å²) in [6, 6.07) is 5.85. The predicted molar refractivity (Wildman–Crippen MR) is 91.5 cm³/mol. The molecule has 140 valence electrons. The van der Waals surface area contributed by atoms with Gasteiger partial charge in [0.25, 0.3) is 5.91 Å². The SMILES string of the molecule is O=C(NCc1cccs1)c1nc2c(C(F)(F)F)cccn2c1N1C=CON1. The van der Waals surface area contributed by atoms with Crippen molar-refractivity contribution in [1.29, 1.82) is 0 Å². The van der Waals surface area contributed by atoms with Crippen molar-refractivity contribution in [2.45, 2.75) is 12.7 Å². The van der Waals surface area contributed by atoms with Crippen LogP contribution >= 0.6 is 11.3 Å². The number of hydrazine groups is 1. The number of hydrogen-bond acceptors (Lipinski definition) is 6. The summed E-state index contributed by atoms with van der Waals surface area (Å²) in [4.78, 5) is 22.4. The van der Waals surface area contributed by atoms with Crippen LogP contribution in [0.15, 0.2) is 48.3 Å². The van der Waals surface area contributed by atoms with E-state index >= 15 is 0 Å². The highest BCUT2D eigenvalue weighted by Gasteiger charge is 2.36. The summed E-state index contributed by atoms with van der Waals surface area (Å²) in [5, 5.41) is 5.82. The van der Waals surface area contributed by atoms with Crippen LogP contribution in [0.1, 0.15) is 20.9 Å². The number of thiophene rings is 1. The molecule has 2 N–H and O–H groups in total. The molecule has 1 amide bonds. The molecule has 0 saturated carbocycles. The first kappa shape index (κ1) is 17.4. The van der Waals surface area contributed by atoms with Gasteiger partial charge in [-0.3, -0.25) is 9.20 Å². The smallest absolute Gasteiger partial charge is 0.395 e. The highest BCUT2D eigenvalue weighted by Crippen LogP contribution is 2.34. The molecule has 4 heterocycles. The van der Waals surface area contributed by atoms with Crippen molar-refractivity contribution in [3.63, 3.8) is 0 Å². The minimum Gasteiger partial charge on any atom is -0.395 e. The van der Waals surface area contributed by atoms with E-state index in [4.69, 9.17) is 4.84 Å². The molecule has 0 unspecified atom stereocenters.